The maximum absolute atomic E-state index is 12.7. The minimum absolute atomic E-state index is 0.204. The fraction of sp³-hybridized carbons (Fsp3) is 0.190. The van der Waals surface area contributed by atoms with Crippen LogP contribution in [0.15, 0.2) is 64.7 Å². The number of rotatable bonds is 2. The van der Waals surface area contributed by atoms with Crippen LogP contribution in [-0.4, -0.2) is 16.7 Å². The van der Waals surface area contributed by atoms with Crippen molar-refractivity contribution in [1.29, 1.82) is 0 Å². The number of hydrogen-bond acceptors (Lipinski definition) is 5. The van der Waals surface area contributed by atoms with E-state index in [0.29, 0.717) is 29.0 Å². The molecular formula is C21H18ClN4O2+. The van der Waals surface area contributed by atoms with E-state index in [1.54, 1.807) is 0 Å². The van der Waals surface area contributed by atoms with Crippen LogP contribution in [0.5, 0.6) is 0 Å². The lowest BCUT2D eigenvalue weighted by atomic mass is 9.81. The lowest BCUT2D eigenvalue weighted by Gasteiger charge is -2.30. The summed E-state index contributed by atoms with van der Waals surface area (Å²) in [7, 11) is 0. The third-order valence-corrected chi connectivity index (χ3v) is 5.35. The molecule has 0 spiro atoms. The third-order valence-electron chi connectivity index (χ3n) is 5.09. The van der Waals surface area contributed by atoms with E-state index < -0.39 is 0 Å². The van der Waals surface area contributed by atoms with Crippen molar-refractivity contribution in [3.8, 4) is 0 Å². The standard InChI is InChI=1S/C21H17ClN4O2/c22-13-10-8-12(9-11-13)19-18-15(5-3-6-16(18)27)23-20(25-19)26-21-24-14-4-1-2-7-17(14)28-21/h1-2,4-5,7-11,18-19H,3,6H2,(H2,23,24,25,26)/p+1/t18-,19-/m1/s1. The molecule has 2 aliphatic rings. The Morgan fingerprint density at radius 1 is 1.18 bits per heavy atom. The first-order chi connectivity index (χ1) is 13.7. The number of aromatic nitrogens is 1. The van der Waals surface area contributed by atoms with E-state index in [1.807, 2.05) is 48.5 Å². The Labute approximate surface area is 166 Å². The second-order valence-corrected chi connectivity index (χ2v) is 7.36. The van der Waals surface area contributed by atoms with Gasteiger partial charge in [0.2, 0.25) is 0 Å². The summed E-state index contributed by atoms with van der Waals surface area (Å²) in [5.74, 6) is 0.589. The predicted molar refractivity (Wildman–Crippen MR) is 107 cm³/mol. The van der Waals surface area contributed by atoms with E-state index in [4.69, 9.17) is 16.0 Å². The van der Waals surface area contributed by atoms with Crippen LogP contribution in [-0.2, 0) is 4.79 Å². The Kier molecular flexibility index (Phi) is 4.13. The molecule has 3 N–H and O–H groups in total. The van der Waals surface area contributed by atoms with Crippen molar-refractivity contribution < 1.29 is 14.2 Å². The lowest BCUT2D eigenvalue weighted by Crippen LogP contribution is -2.84. The molecule has 5 rings (SSSR count). The highest BCUT2D eigenvalue weighted by molar-refractivity contribution is 6.30. The van der Waals surface area contributed by atoms with Crippen molar-refractivity contribution in [1.82, 2.24) is 10.3 Å². The number of para-hydroxylation sites is 2. The van der Waals surface area contributed by atoms with Gasteiger partial charge in [0.1, 0.15) is 23.3 Å². The molecule has 2 aromatic carbocycles. The zero-order valence-corrected chi connectivity index (χ0v) is 15.7. The van der Waals surface area contributed by atoms with Gasteiger partial charge >= 0.3 is 12.0 Å². The van der Waals surface area contributed by atoms with Gasteiger partial charge in [-0.1, -0.05) is 35.9 Å². The third kappa shape index (κ3) is 3.05. The summed E-state index contributed by atoms with van der Waals surface area (Å²) >= 11 is 6.04. The van der Waals surface area contributed by atoms with Crippen molar-refractivity contribution >= 4 is 40.5 Å². The van der Waals surface area contributed by atoms with Crippen LogP contribution in [0.4, 0.5) is 6.01 Å². The number of halogens is 1. The number of benzene rings is 2. The van der Waals surface area contributed by atoms with E-state index in [9.17, 15) is 4.79 Å². The molecule has 0 saturated heterocycles. The van der Waals surface area contributed by atoms with Gasteiger partial charge < -0.3 is 4.42 Å². The summed E-state index contributed by atoms with van der Waals surface area (Å²) in [6.45, 7) is 0. The quantitative estimate of drug-likeness (QED) is 0.623. The van der Waals surface area contributed by atoms with Gasteiger partial charge in [-0.3, -0.25) is 9.79 Å². The van der Waals surface area contributed by atoms with E-state index >= 15 is 0 Å². The second kappa shape index (κ2) is 6.80. The lowest BCUT2D eigenvalue weighted by molar-refractivity contribution is -0.522. The molecule has 0 amide bonds. The molecule has 0 saturated carbocycles. The summed E-state index contributed by atoms with van der Waals surface area (Å²) in [5, 5.41) is 7.13. The number of nitrogens with one attached hydrogen (secondary N) is 3. The largest absolute Gasteiger partial charge is 0.412 e. The van der Waals surface area contributed by atoms with Crippen LogP contribution >= 0.6 is 11.6 Å². The number of oxazole rings is 1. The SMILES string of the molecule is O=C1CCC=C2NC(Nc3nc4ccccc4o3)=[NH+][C@H](c3ccc(Cl)cc3)[C@@H]12. The Morgan fingerprint density at radius 2 is 2.00 bits per heavy atom. The molecule has 1 aliphatic heterocycles. The number of Topliss-reactive ketones (excluding diaryl/α,β-unsaturated/α-hetero) is 1. The number of anilines is 1. The molecule has 6 nitrogen and oxygen atoms in total. The number of carbonyl (C=O) groups excluding carboxylic acids is 1. The van der Waals surface area contributed by atoms with E-state index in [1.165, 1.54) is 0 Å². The topological polar surface area (TPSA) is 81.1 Å². The highest BCUT2D eigenvalue weighted by Gasteiger charge is 2.41. The highest BCUT2D eigenvalue weighted by atomic mass is 35.5. The first-order valence-electron chi connectivity index (χ1n) is 9.19. The molecule has 7 heteroatoms. The van der Waals surface area contributed by atoms with Crippen LogP contribution in [0, 0.1) is 5.92 Å². The molecular weight excluding hydrogens is 376 g/mol. The van der Waals surface area contributed by atoms with Crippen LogP contribution in [0.3, 0.4) is 0 Å². The average molecular weight is 394 g/mol. The minimum atomic E-state index is -0.260. The Hall–Kier alpha value is -3.12. The van der Waals surface area contributed by atoms with Gasteiger partial charge in [0.25, 0.3) is 0 Å². The second-order valence-electron chi connectivity index (χ2n) is 6.93. The molecule has 1 aromatic heterocycles. The van der Waals surface area contributed by atoms with Crippen molar-refractivity contribution in [2.75, 3.05) is 5.32 Å². The molecule has 1 aliphatic carbocycles. The molecule has 0 bridgehead atoms. The van der Waals surface area contributed by atoms with Crippen molar-refractivity contribution in [3.63, 3.8) is 0 Å². The predicted octanol–water partition coefficient (Wildman–Crippen LogP) is 2.54. The van der Waals surface area contributed by atoms with Crippen molar-refractivity contribution in [3.05, 3.63) is 70.9 Å². The Balaban J connectivity index is 1.52. The van der Waals surface area contributed by atoms with Gasteiger partial charge in [-0.25, -0.2) is 5.32 Å². The van der Waals surface area contributed by atoms with Gasteiger partial charge in [0.15, 0.2) is 5.58 Å². The molecule has 140 valence electrons. The fourth-order valence-electron chi connectivity index (χ4n) is 3.79. The summed E-state index contributed by atoms with van der Waals surface area (Å²) in [6, 6.07) is 15.3. The number of allylic oxidation sites excluding steroid dienone is 1. The number of carbonyl (C=O) groups is 1. The van der Waals surface area contributed by atoms with Gasteiger partial charge in [0.05, 0.1) is 5.70 Å². The Morgan fingerprint density at radius 3 is 2.82 bits per heavy atom. The molecule has 2 heterocycles. The maximum atomic E-state index is 12.7. The highest BCUT2D eigenvalue weighted by Crippen LogP contribution is 2.31. The summed E-state index contributed by atoms with van der Waals surface area (Å²) < 4.78 is 5.76. The molecule has 0 radical (unpaired) electrons. The van der Waals surface area contributed by atoms with E-state index in [-0.39, 0.29) is 17.7 Å². The minimum Gasteiger partial charge on any atom is -0.412 e. The van der Waals surface area contributed by atoms with E-state index in [2.05, 4.69) is 26.7 Å². The molecule has 0 unspecified atom stereocenters. The number of guanidine groups is 1. The Bertz CT molecular complexity index is 1080. The number of fused-ring (bicyclic) bond motifs is 2. The number of hydrogen-bond donors (Lipinski definition) is 3. The van der Waals surface area contributed by atoms with Gasteiger partial charge in [0, 0.05) is 11.4 Å². The number of nitrogens with zero attached hydrogens (tertiary/aromatic N) is 1. The summed E-state index contributed by atoms with van der Waals surface area (Å²) in [4.78, 5) is 20.5. The van der Waals surface area contributed by atoms with Gasteiger partial charge in [-0.15, -0.1) is 0 Å². The zero-order chi connectivity index (χ0) is 19.1. The first kappa shape index (κ1) is 17.0. The van der Waals surface area contributed by atoms with Crippen molar-refractivity contribution in [2.45, 2.75) is 18.9 Å². The molecule has 28 heavy (non-hydrogen) atoms. The molecule has 3 aromatic rings. The van der Waals surface area contributed by atoms with Crippen LogP contribution in [0.2, 0.25) is 5.02 Å². The fourth-order valence-corrected chi connectivity index (χ4v) is 3.91. The van der Waals surface area contributed by atoms with Crippen LogP contribution in [0.25, 0.3) is 11.1 Å². The van der Waals surface area contributed by atoms with Crippen molar-refractivity contribution in [2.24, 2.45) is 5.92 Å². The van der Waals surface area contributed by atoms with Gasteiger partial charge in [-0.05, 0) is 42.3 Å². The van der Waals surface area contributed by atoms with Crippen LogP contribution in [0.1, 0.15) is 24.4 Å². The number of ketones is 1. The summed E-state index contributed by atoms with van der Waals surface area (Å²) in [5.41, 5.74) is 3.38. The van der Waals surface area contributed by atoms with Gasteiger partial charge in [-0.2, -0.15) is 10.3 Å². The average Bonchev–Trinajstić information content (AvgIpc) is 3.10. The molecule has 0 fully saturated rings. The molecule has 2 atom stereocenters. The zero-order valence-electron chi connectivity index (χ0n) is 14.9. The normalized spacial score (nSPS) is 21.5. The van der Waals surface area contributed by atoms with E-state index in [0.717, 1.165) is 23.2 Å². The smallest absolute Gasteiger partial charge is 0.365 e. The van der Waals surface area contributed by atoms with Crippen LogP contribution < -0.4 is 15.6 Å². The summed E-state index contributed by atoms with van der Waals surface area (Å²) in [6.07, 6.45) is 3.38. The maximum Gasteiger partial charge on any atom is 0.365 e. The monoisotopic (exact) mass is 393 g/mol. The first-order valence-corrected chi connectivity index (χ1v) is 9.56.